The smallest absolute Gasteiger partial charge is 0.372 e. The van der Waals surface area contributed by atoms with Gasteiger partial charge in [0.25, 0.3) is 0 Å². The van der Waals surface area contributed by atoms with Gasteiger partial charge in [-0.25, -0.2) is 4.79 Å². The zero-order chi connectivity index (χ0) is 12.4. The van der Waals surface area contributed by atoms with Crippen molar-refractivity contribution in [2.75, 3.05) is 0 Å². The van der Waals surface area contributed by atoms with E-state index in [1.807, 2.05) is 0 Å². The molecule has 0 aliphatic heterocycles. The summed E-state index contributed by atoms with van der Waals surface area (Å²) in [7, 11) is 0. The van der Waals surface area contributed by atoms with E-state index < -0.39 is 11.8 Å². The number of carbonyl (C=O) groups excluding carboxylic acids is 1. The molecule has 0 aliphatic rings. The van der Waals surface area contributed by atoms with Crippen molar-refractivity contribution in [3.8, 4) is 0 Å². The SMILES string of the molecule is C=CCC(CCCCCCC)C(=O)C(=O)O. The van der Waals surface area contributed by atoms with Gasteiger partial charge in [0.1, 0.15) is 0 Å². The number of ketones is 1. The third-order valence-electron chi connectivity index (χ3n) is 2.69. The first-order valence-corrected chi connectivity index (χ1v) is 6.01. The predicted octanol–water partition coefficient (Wildman–Crippen LogP) is 3.19. The molecule has 0 spiro atoms. The van der Waals surface area contributed by atoms with Crippen LogP contribution in [-0.4, -0.2) is 16.9 Å². The lowest BCUT2D eigenvalue weighted by Crippen LogP contribution is -2.23. The Bertz CT molecular complexity index is 233. The highest BCUT2D eigenvalue weighted by Crippen LogP contribution is 2.16. The van der Waals surface area contributed by atoms with Gasteiger partial charge in [-0.15, -0.1) is 6.58 Å². The van der Waals surface area contributed by atoms with Crippen LogP contribution < -0.4 is 0 Å². The van der Waals surface area contributed by atoms with Crippen LogP contribution in [0.1, 0.15) is 51.9 Å². The largest absolute Gasteiger partial charge is 0.475 e. The second kappa shape index (κ2) is 9.13. The number of aliphatic carboxylic acids is 1. The number of Topliss-reactive ketones (excluding diaryl/α,β-unsaturated/α-hetero) is 1. The maximum Gasteiger partial charge on any atom is 0.372 e. The fraction of sp³-hybridized carbons (Fsp3) is 0.692. The molecular weight excluding hydrogens is 204 g/mol. The summed E-state index contributed by atoms with van der Waals surface area (Å²) in [5, 5.41) is 8.64. The standard InChI is InChI=1S/C13H22O3/c1-3-5-6-7-8-10-11(9-4-2)12(14)13(15)16/h4,11H,2-3,5-10H2,1H3,(H,15,16). The van der Waals surface area contributed by atoms with Crippen molar-refractivity contribution in [3.63, 3.8) is 0 Å². The van der Waals surface area contributed by atoms with E-state index in [0.717, 1.165) is 12.8 Å². The molecule has 0 amide bonds. The minimum atomic E-state index is -1.32. The molecule has 0 aromatic rings. The van der Waals surface area contributed by atoms with Crippen LogP contribution in [-0.2, 0) is 9.59 Å². The fourth-order valence-electron chi connectivity index (χ4n) is 1.73. The fourth-order valence-corrected chi connectivity index (χ4v) is 1.73. The quantitative estimate of drug-likeness (QED) is 0.353. The van der Waals surface area contributed by atoms with Crippen molar-refractivity contribution < 1.29 is 14.7 Å². The van der Waals surface area contributed by atoms with Gasteiger partial charge in [0.2, 0.25) is 5.78 Å². The Hall–Kier alpha value is -1.12. The van der Waals surface area contributed by atoms with Crippen molar-refractivity contribution in [2.24, 2.45) is 5.92 Å². The lowest BCUT2D eigenvalue weighted by molar-refractivity contribution is -0.151. The molecular formula is C13H22O3. The highest BCUT2D eigenvalue weighted by molar-refractivity contribution is 6.33. The van der Waals surface area contributed by atoms with E-state index in [4.69, 9.17) is 5.11 Å². The molecule has 0 heterocycles. The molecule has 3 nitrogen and oxygen atoms in total. The lowest BCUT2D eigenvalue weighted by atomic mass is 9.93. The van der Waals surface area contributed by atoms with Crippen molar-refractivity contribution in [2.45, 2.75) is 51.9 Å². The Kier molecular flexibility index (Phi) is 8.49. The topological polar surface area (TPSA) is 54.4 Å². The molecule has 92 valence electrons. The minimum Gasteiger partial charge on any atom is -0.475 e. The average molecular weight is 226 g/mol. The Balaban J connectivity index is 3.89. The first kappa shape index (κ1) is 14.9. The number of carboxylic acids is 1. The molecule has 0 saturated heterocycles. The van der Waals surface area contributed by atoms with Crippen LogP contribution in [0.15, 0.2) is 12.7 Å². The van der Waals surface area contributed by atoms with Crippen molar-refractivity contribution in [3.05, 3.63) is 12.7 Å². The highest BCUT2D eigenvalue weighted by atomic mass is 16.4. The zero-order valence-electron chi connectivity index (χ0n) is 10.1. The van der Waals surface area contributed by atoms with Crippen LogP contribution in [0.4, 0.5) is 0 Å². The summed E-state index contributed by atoms with van der Waals surface area (Å²) >= 11 is 0. The van der Waals surface area contributed by atoms with Crippen molar-refractivity contribution in [1.29, 1.82) is 0 Å². The summed E-state index contributed by atoms with van der Waals surface area (Å²) in [6.07, 6.45) is 8.32. The summed E-state index contributed by atoms with van der Waals surface area (Å²) in [6.45, 7) is 5.70. The zero-order valence-corrected chi connectivity index (χ0v) is 10.1. The predicted molar refractivity (Wildman–Crippen MR) is 64.3 cm³/mol. The molecule has 1 N–H and O–H groups in total. The molecule has 0 radical (unpaired) electrons. The Morgan fingerprint density at radius 1 is 1.25 bits per heavy atom. The molecule has 16 heavy (non-hydrogen) atoms. The number of unbranched alkanes of at least 4 members (excludes halogenated alkanes) is 4. The van der Waals surface area contributed by atoms with Crippen LogP contribution in [0.2, 0.25) is 0 Å². The number of hydrogen-bond acceptors (Lipinski definition) is 2. The van der Waals surface area contributed by atoms with E-state index in [1.54, 1.807) is 6.08 Å². The maximum absolute atomic E-state index is 11.3. The third kappa shape index (κ3) is 6.38. The number of rotatable bonds is 10. The van der Waals surface area contributed by atoms with Gasteiger partial charge in [-0.2, -0.15) is 0 Å². The van der Waals surface area contributed by atoms with Gasteiger partial charge in [-0.3, -0.25) is 4.79 Å². The molecule has 0 rings (SSSR count). The van der Waals surface area contributed by atoms with E-state index in [-0.39, 0.29) is 5.92 Å². The summed E-state index contributed by atoms with van der Waals surface area (Å²) in [6, 6.07) is 0. The van der Waals surface area contributed by atoms with Crippen LogP contribution in [0.25, 0.3) is 0 Å². The van der Waals surface area contributed by atoms with Gasteiger partial charge < -0.3 is 5.11 Å². The minimum absolute atomic E-state index is 0.378. The number of carbonyl (C=O) groups is 2. The Labute approximate surface area is 97.5 Å². The van der Waals surface area contributed by atoms with Crippen LogP contribution in [0, 0.1) is 5.92 Å². The maximum atomic E-state index is 11.3. The second-order valence-corrected chi connectivity index (χ2v) is 4.09. The summed E-state index contributed by atoms with van der Waals surface area (Å²) in [5.74, 6) is -2.37. The first-order chi connectivity index (χ1) is 7.63. The van der Waals surface area contributed by atoms with Crippen molar-refractivity contribution in [1.82, 2.24) is 0 Å². The first-order valence-electron chi connectivity index (χ1n) is 6.01. The van der Waals surface area contributed by atoms with Crippen LogP contribution in [0.5, 0.6) is 0 Å². The van der Waals surface area contributed by atoms with E-state index in [1.165, 1.54) is 19.3 Å². The van der Waals surface area contributed by atoms with E-state index >= 15 is 0 Å². The molecule has 3 heteroatoms. The molecule has 0 fully saturated rings. The molecule has 0 aromatic carbocycles. The second-order valence-electron chi connectivity index (χ2n) is 4.09. The number of carboxylic acid groups (broad SMARTS) is 1. The highest BCUT2D eigenvalue weighted by Gasteiger charge is 2.22. The van der Waals surface area contributed by atoms with Gasteiger partial charge in [-0.05, 0) is 12.8 Å². The van der Waals surface area contributed by atoms with Crippen LogP contribution in [0.3, 0.4) is 0 Å². The monoisotopic (exact) mass is 226 g/mol. The van der Waals surface area contributed by atoms with Gasteiger partial charge in [0.15, 0.2) is 0 Å². The molecule has 0 aliphatic carbocycles. The Morgan fingerprint density at radius 2 is 1.88 bits per heavy atom. The lowest BCUT2D eigenvalue weighted by Gasteiger charge is -2.10. The molecule has 0 bridgehead atoms. The Morgan fingerprint density at radius 3 is 2.38 bits per heavy atom. The molecule has 0 aromatic heterocycles. The number of hydrogen-bond donors (Lipinski definition) is 1. The van der Waals surface area contributed by atoms with Gasteiger partial charge in [-0.1, -0.05) is 45.1 Å². The molecule has 1 unspecified atom stereocenters. The van der Waals surface area contributed by atoms with Crippen LogP contribution >= 0.6 is 0 Å². The van der Waals surface area contributed by atoms with E-state index in [2.05, 4.69) is 13.5 Å². The van der Waals surface area contributed by atoms with Gasteiger partial charge >= 0.3 is 5.97 Å². The van der Waals surface area contributed by atoms with E-state index in [9.17, 15) is 9.59 Å². The van der Waals surface area contributed by atoms with Crippen molar-refractivity contribution >= 4 is 11.8 Å². The normalized spacial score (nSPS) is 12.1. The number of allylic oxidation sites excluding steroid dienone is 1. The summed E-state index contributed by atoms with van der Waals surface area (Å²) < 4.78 is 0. The van der Waals surface area contributed by atoms with Gasteiger partial charge in [0.05, 0.1) is 0 Å². The molecule has 1 atom stereocenters. The summed E-state index contributed by atoms with van der Waals surface area (Å²) in [4.78, 5) is 21.9. The van der Waals surface area contributed by atoms with Gasteiger partial charge in [0, 0.05) is 5.92 Å². The summed E-state index contributed by atoms with van der Waals surface area (Å²) in [5.41, 5.74) is 0. The average Bonchev–Trinajstić information content (AvgIpc) is 2.26. The third-order valence-corrected chi connectivity index (χ3v) is 2.69. The molecule has 0 saturated carbocycles. The van der Waals surface area contributed by atoms with E-state index in [0.29, 0.717) is 12.8 Å².